The third-order valence-electron chi connectivity index (χ3n) is 4.33. The lowest BCUT2D eigenvalue weighted by Crippen LogP contribution is -2.22. The molecule has 1 aromatic carbocycles. The molecule has 8 nitrogen and oxygen atoms in total. The van der Waals surface area contributed by atoms with Crippen LogP contribution in [0.25, 0.3) is 0 Å². The van der Waals surface area contributed by atoms with Crippen LogP contribution in [-0.4, -0.2) is 39.6 Å². The molecular weight excluding hydrogens is 390 g/mol. The topological polar surface area (TPSA) is 96.2 Å². The number of benzene rings is 1. The summed E-state index contributed by atoms with van der Waals surface area (Å²) in [6.45, 7) is 0.0381. The van der Waals surface area contributed by atoms with Crippen LogP contribution in [0.4, 0.5) is 8.78 Å². The number of H-pyrrole nitrogens is 1. The Kier molecular flexibility index (Phi) is 4.46. The van der Waals surface area contributed by atoms with E-state index < -0.39 is 16.4 Å². The van der Waals surface area contributed by atoms with Crippen LogP contribution in [0, 0.1) is 6.92 Å². The van der Waals surface area contributed by atoms with Crippen molar-refractivity contribution >= 4 is 16.1 Å². The van der Waals surface area contributed by atoms with E-state index >= 15 is 0 Å². The van der Waals surface area contributed by atoms with Crippen molar-refractivity contribution in [2.45, 2.75) is 36.4 Å². The molecule has 0 amide bonds. The Balaban J connectivity index is 1.57. The molecule has 2 aromatic heterocycles. The zero-order valence-electron chi connectivity index (χ0n) is 14.7. The smallest absolute Gasteiger partial charge is 0.287 e. The van der Waals surface area contributed by atoms with E-state index in [-0.39, 0.29) is 9.79 Å². The average Bonchev–Trinajstić information content (AvgIpc) is 3.31. The number of rotatable bonds is 5. The first-order valence-electron chi connectivity index (χ1n) is 8.33. The highest BCUT2D eigenvalue weighted by Gasteiger charge is 2.23. The number of nitrogens with zero attached hydrogens (tertiary/aromatic N) is 5. The number of hydrazone groups is 1. The second kappa shape index (κ2) is 6.82. The minimum Gasteiger partial charge on any atom is -0.287 e. The van der Waals surface area contributed by atoms with Crippen LogP contribution in [0.3, 0.4) is 0 Å². The molecule has 1 aliphatic rings. The highest BCUT2D eigenvalue weighted by Crippen LogP contribution is 2.26. The normalized spacial score (nSPS) is 13.9. The van der Waals surface area contributed by atoms with E-state index in [2.05, 4.69) is 20.4 Å². The van der Waals surface area contributed by atoms with Gasteiger partial charge in [-0.25, -0.2) is 13.1 Å². The number of alkyl halides is 2. The minimum absolute atomic E-state index is 0.00268. The molecule has 1 aliphatic heterocycles. The van der Waals surface area contributed by atoms with Crippen LogP contribution in [0.2, 0.25) is 0 Å². The molecule has 0 saturated carbocycles. The fraction of sp³-hybridized carbons (Fsp3) is 0.235. The van der Waals surface area contributed by atoms with Gasteiger partial charge in [0.05, 0.1) is 36.1 Å². The molecule has 0 radical (unpaired) electrons. The van der Waals surface area contributed by atoms with Crippen molar-refractivity contribution in [3.8, 4) is 0 Å². The SMILES string of the molecule is Cc1cc(CN2Cc3ccc(S(=O)(=O)c4cnn(C(F)F)c4)cc3C=N2)n[nH]1. The summed E-state index contributed by atoms with van der Waals surface area (Å²) in [7, 11) is -3.95. The monoisotopic (exact) mass is 406 g/mol. The summed E-state index contributed by atoms with van der Waals surface area (Å²) in [5.41, 5.74) is 3.39. The van der Waals surface area contributed by atoms with E-state index in [0.29, 0.717) is 23.3 Å². The second-order valence-electron chi connectivity index (χ2n) is 6.41. The Labute approximate surface area is 159 Å². The van der Waals surface area contributed by atoms with Gasteiger partial charge < -0.3 is 0 Å². The number of aromatic nitrogens is 4. The third kappa shape index (κ3) is 3.40. The summed E-state index contributed by atoms with van der Waals surface area (Å²) < 4.78 is 51.0. The molecule has 11 heteroatoms. The molecule has 3 aromatic rings. The molecule has 0 atom stereocenters. The maximum Gasteiger partial charge on any atom is 0.333 e. The zero-order chi connectivity index (χ0) is 19.9. The van der Waals surface area contributed by atoms with Crippen molar-refractivity contribution in [2.75, 3.05) is 0 Å². The van der Waals surface area contributed by atoms with Gasteiger partial charge in [0.25, 0.3) is 0 Å². The molecule has 0 bridgehead atoms. The van der Waals surface area contributed by atoms with Gasteiger partial charge in [-0.05, 0) is 30.7 Å². The second-order valence-corrected chi connectivity index (χ2v) is 8.36. The molecule has 0 fully saturated rings. The Morgan fingerprint density at radius 3 is 2.75 bits per heavy atom. The predicted molar refractivity (Wildman–Crippen MR) is 95.5 cm³/mol. The number of hydrogen-bond donors (Lipinski definition) is 1. The van der Waals surface area contributed by atoms with Crippen molar-refractivity contribution < 1.29 is 17.2 Å². The minimum atomic E-state index is -3.95. The number of sulfone groups is 1. The predicted octanol–water partition coefficient (Wildman–Crippen LogP) is 2.49. The van der Waals surface area contributed by atoms with Gasteiger partial charge in [0.2, 0.25) is 9.84 Å². The lowest BCUT2D eigenvalue weighted by Gasteiger charge is -2.23. The van der Waals surface area contributed by atoms with E-state index in [9.17, 15) is 17.2 Å². The van der Waals surface area contributed by atoms with Crippen molar-refractivity contribution in [3.05, 3.63) is 59.2 Å². The molecule has 0 spiro atoms. The third-order valence-corrected chi connectivity index (χ3v) is 6.04. The number of halogens is 2. The standard InChI is InChI=1S/C17H16F2N6O2S/c1-11-4-14(23-22-11)9-24-8-12-2-3-15(5-13(12)6-20-24)28(26,27)16-7-21-25(10-16)17(18)19/h2-7,10,17H,8-9H2,1H3,(H,22,23). The van der Waals surface area contributed by atoms with Crippen LogP contribution >= 0.6 is 0 Å². The van der Waals surface area contributed by atoms with Gasteiger partial charge in [-0.1, -0.05) is 6.07 Å². The van der Waals surface area contributed by atoms with Crippen LogP contribution in [0.1, 0.15) is 29.1 Å². The van der Waals surface area contributed by atoms with Gasteiger partial charge in [0, 0.05) is 17.5 Å². The first-order valence-corrected chi connectivity index (χ1v) is 9.81. The van der Waals surface area contributed by atoms with Gasteiger partial charge in [0.1, 0.15) is 4.90 Å². The van der Waals surface area contributed by atoms with E-state index in [0.717, 1.165) is 29.3 Å². The molecule has 0 unspecified atom stereocenters. The molecule has 146 valence electrons. The highest BCUT2D eigenvalue weighted by molar-refractivity contribution is 7.91. The first-order chi connectivity index (χ1) is 13.3. The Hall–Kier alpha value is -3.08. The van der Waals surface area contributed by atoms with Gasteiger partial charge >= 0.3 is 6.55 Å². The fourth-order valence-corrected chi connectivity index (χ4v) is 4.16. The van der Waals surface area contributed by atoms with Crippen molar-refractivity contribution in [1.82, 2.24) is 25.0 Å². The average molecular weight is 406 g/mol. The molecule has 3 heterocycles. The maximum atomic E-state index is 12.7. The number of aromatic amines is 1. The van der Waals surface area contributed by atoms with Crippen LogP contribution in [0.15, 0.2) is 51.6 Å². The zero-order valence-corrected chi connectivity index (χ0v) is 15.6. The molecular formula is C17H16F2N6O2S. The lowest BCUT2D eigenvalue weighted by atomic mass is 10.1. The lowest BCUT2D eigenvalue weighted by molar-refractivity contribution is 0.0564. The quantitative estimate of drug-likeness (QED) is 0.702. The van der Waals surface area contributed by atoms with Gasteiger partial charge in [0.15, 0.2) is 0 Å². The molecule has 0 saturated heterocycles. The molecule has 28 heavy (non-hydrogen) atoms. The number of hydrogen-bond acceptors (Lipinski definition) is 6. The molecule has 0 aliphatic carbocycles. The van der Waals surface area contributed by atoms with Crippen LogP contribution < -0.4 is 0 Å². The van der Waals surface area contributed by atoms with Gasteiger partial charge in [-0.3, -0.25) is 10.1 Å². The van der Waals surface area contributed by atoms with E-state index in [1.165, 1.54) is 12.1 Å². The van der Waals surface area contributed by atoms with Crippen LogP contribution in [0.5, 0.6) is 0 Å². The van der Waals surface area contributed by atoms with Crippen LogP contribution in [-0.2, 0) is 22.9 Å². The Bertz CT molecular complexity index is 1150. The molecule has 1 N–H and O–H groups in total. The molecule has 4 rings (SSSR count). The van der Waals surface area contributed by atoms with E-state index in [1.54, 1.807) is 12.3 Å². The number of fused-ring (bicyclic) bond motifs is 1. The number of aryl methyl sites for hydroxylation is 1. The summed E-state index contributed by atoms with van der Waals surface area (Å²) in [5, 5.41) is 16.6. The Morgan fingerprint density at radius 1 is 1.25 bits per heavy atom. The Morgan fingerprint density at radius 2 is 2.07 bits per heavy atom. The van der Waals surface area contributed by atoms with Gasteiger partial charge in [-0.15, -0.1) is 0 Å². The van der Waals surface area contributed by atoms with Crippen molar-refractivity contribution in [2.24, 2.45) is 5.10 Å². The number of nitrogens with one attached hydrogen (secondary N) is 1. The van der Waals surface area contributed by atoms with Gasteiger partial charge in [-0.2, -0.15) is 24.1 Å². The summed E-state index contributed by atoms with van der Waals surface area (Å²) in [6.07, 6.45) is 3.32. The largest absolute Gasteiger partial charge is 0.333 e. The van der Waals surface area contributed by atoms with Crippen molar-refractivity contribution in [3.63, 3.8) is 0 Å². The fourth-order valence-electron chi connectivity index (χ4n) is 2.93. The maximum absolute atomic E-state index is 12.7. The first kappa shape index (κ1) is 18.3. The van der Waals surface area contributed by atoms with E-state index in [4.69, 9.17) is 0 Å². The van der Waals surface area contributed by atoms with Crippen molar-refractivity contribution in [1.29, 1.82) is 0 Å². The summed E-state index contributed by atoms with van der Waals surface area (Å²) >= 11 is 0. The summed E-state index contributed by atoms with van der Waals surface area (Å²) in [6, 6.07) is 6.59. The van der Waals surface area contributed by atoms with E-state index in [1.807, 2.05) is 18.0 Å². The summed E-state index contributed by atoms with van der Waals surface area (Å²) in [4.78, 5) is -0.279. The highest BCUT2D eigenvalue weighted by atomic mass is 32.2. The summed E-state index contributed by atoms with van der Waals surface area (Å²) in [5.74, 6) is 0.